The highest BCUT2D eigenvalue weighted by atomic mass is 16.1. The fourth-order valence-corrected chi connectivity index (χ4v) is 2.75. The lowest BCUT2D eigenvalue weighted by molar-refractivity contribution is -0.122. The molecule has 92 valence electrons. The second-order valence-corrected chi connectivity index (χ2v) is 6.21. The minimum Gasteiger partial charge on any atom is -0.353 e. The van der Waals surface area contributed by atoms with Gasteiger partial charge in [0.25, 0.3) is 0 Å². The van der Waals surface area contributed by atoms with E-state index in [0.717, 1.165) is 6.42 Å². The standard InChI is InChI=1S/C13H24N2O/c1-13(2)7-3-4-11(13)15-12(16)8-10(14)9-5-6-9/h9-11H,3-8,14H2,1-2H3,(H,15,16). The fraction of sp³-hybridized carbons (Fsp3) is 0.923. The zero-order valence-corrected chi connectivity index (χ0v) is 10.5. The van der Waals surface area contributed by atoms with Crippen molar-refractivity contribution in [3.05, 3.63) is 0 Å². The van der Waals surface area contributed by atoms with Gasteiger partial charge < -0.3 is 11.1 Å². The Bertz CT molecular complexity index is 271. The van der Waals surface area contributed by atoms with Crippen molar-refractivity contribution in [2.24, 2.45) is 17.1 Å². The molecule has 0 heterocycles. The van der Waals surface area contributed by atoms with Crippen molar-refractivity contribution in [3.8, 4) is 0 Å². The van der Waals surface area contributed by atoms with E-state index in [1.165, 1.54) is 25.7 Å². The minimum atomic E-state index is 0.0875. The Hall–Kier alpha value is -0.570. The first kappa shape index (κ1) is 11.9. The van der Waals surface area contributed by atoms with Crippen LogP contribution < -0.4 is 11.1 Å². The molecule has 0 bridgehead atoms. The summed E-state index contributed by atoms with van der Waals surface area (Å²) in [6.07, 6.45) is 6.50. The Kier molecular flexibility index (Phi) is 3.24. The zero-order valence-electron chi connectivity index (χ0n) is 10.5. The maximum atomic E-state index is 11.8. The van der Waals surface area contributed by atoms with E-state index in [0.29, 0.717) is 18.4 Å². The van der Waals surface area contributed by atoms with Crippen molar-refractivity contribution in [2.75, 3.05) is 0 Å². The monoisotopic (exact) mass is 224 g/mol. The number of hydrogen-bond acceptors (Lipinski definition) is 2. The third kappa shape index (κ3) is 2.76. The normalized spacial score (nSPS) is 30.1. The Morgan fingerprint density at radius 2 is 2.12 bits per heavy atom. The summed E-state index contributed by atoms with van der Waals surface area (Å²) in [6.45, 7) is 4.48. The third-order valence-corrected chi connectivity index (χ3v) is 4.24. The topological polar surface area (TPSA) is 55.1 Å². The van der Waals surface area contributed by atoms with E-state index >= 15 is 0 Å². The average Bonchev–Trinajstić information content (AvgIpc) is 2.94. The van der Waals surface area contributed by atoms with E-state index in [2.05, 4.69) is 19.2 Å². The molecule has 3 heteroatoms. The van der Waals surface area contributed by atoms with E-state index in [-0.39, 0.29) is 17.4 Å². The molecule has 2 aliphatic rings. The summed E-state index contributed by atoms with van der Waals surface area (Å²) in [7, 11) is 0. The predicted octanol–water partition coefficient (Wildman–Crippen LogP) is 1.81. The van der Waals surface area contributed by atoms with Gasteiger partial charge in [-0.15, -0.1) is 0 Å². The summed E-state index contributed by atoms with van der Waals surface area (Å²) in [6, 6.07) is 0.441. The van der Waals surface area contributed by atoms with Crippen LogP contribution in [0.1, 0.15) is 52.4 Å². The largest absolute Gasteiger partial charge is 0.353 e. The van der Waals surface area contributed by atoms with Gasteiger partial charge >= 0.3 is 0 Å². The van der Waals surface area contributed by atoms with Crippen molar-refractivity contribution >= 4 is 5.91 Å². The van der Waals surface area contributed by atoms with Crippen molar-refractivity contribution in [2.45, 2.75) is 64.5 Å². The second-order valence-electron chi connectivity index (χ2n) is 6.21. The van der Waals surface area contributed by atoms with Crippen LogP contribution in [0.5, 0.6) is 0 Å². The number of amides is 1. The van der Waals surface area contributed by atoms with Crippen LogP contribution in [-0.2, 0) is 4.79 Å². The first-order valence-electron chi connectivity index (χ1n) is 6.54. The Morgan fingerprint density at radius 3 is 2.62 bits per heavy atom. The van der Waals surface area contributed by atoms with Crippen molar-refractivity contribution in [3.63, 3.8) is 0 Å². The summed E-state index contributed by atoms with van der Waals surface area (Å²) in [5.74, 6) is 0.765. The molecule has 2 fully saturated rings. The molecule has 2 unspecified atom stereocenters. The highest BCUT2D eigenvalue weighted by Gasteiger charge is 2.36. The van der Waals surface area contributed by atoms with Gasteiger partial charge in [-0.25, -0.2) is 0 Å². The maximum Gasteiger partial charge on any atom is 0.221 e. The van der Waals surface area contributed by atoms with Gasteiger partial charge in [-0.1, -0.05) is 20.3 Å². The molecular formula is C13H24N2O. The number of carbonyl (C=O) groups excluding carboxylic acids is 1. The number of rotatable bonds is 4. The number of nitrogens with two attached hydrogens (primary N) is 1. The van der Waals surface area contributed by atoms with Crippen LogP contribution in [0.15, 0.2) is 0 Å². The van der Waals surface area contributed by atoms with Crippen LogP contribution in [-0.4, -0.2) is 18.0 Å². The molecular weight excluding hydrogens is 200 g/mol. The van der Waals surface area contributed by atoms with Crippen LogP contribution in [0.3, 0.4) is 0 Å². The summed E-state index contributed by atoms with van der Waals surface area (Å²) < 4.78 is 0. The number of carbonyl (C=O) groups is 1. The molecule has 2 saturated carbocycles. The van der Waals surface area contributed by atoms with Gasteiger partial charge in [0.15, 0.2) is 0 Å². The quantitative estimate of drug-likeness (QED) is 0.765. The molecule has 2 rings (SSSR count). The highest BCUT2D eigenvalue weighted by molar-refractivity contribution is 5.77. The van der Waals surface area contributed by atoms with E-state index in [9.17, 15) is 4.79 Å². The second kappa shape index (κ2) is 4.36. The lowest BCUT2D eigenvalue weighted by Crippen LogP contribution is -2.43. The molecule has 2 aliphatic carbocycles. The van der Waals surface area contributed by atoms with Crippen LogP contribution in [0, 0.1) is 11.3 Å². The Labute approximate surface area is 98.2 Å². The molecule has 0 aliphatic heterocycles. The molecule has 0 aromatic heterocycles. The SMILES string of the molecule is CC1(C)CCCC1NC(=O)CC(N)C1CC1. The molecule has 1 amide bonds. The van der Waals surface area contributed by atoms with Crippen molar-refractivity contribution in [1.29, 1.82) is 0 Å². The number of nitrogens with one attached hydrogen (secondary N) is 1. The zero-order chi connectivity index (χ0) is 11.8. The Morgan fingerprint density at radius 1 is 1.44 bits per heavy atom. The van der Waals surface area contributed by atoms with Crippen molar-refractivity contribution < 1.29 is 4.79 Å². The highest BCUT2D eigenvalue weighted by Crippen LogP contribution is 2.37. The molecule has 2 atom stereocenters. The van der Waals surface area contributed by atoms with E-state index in [1.54, 1.807) is 0 Å². The molecule has 3 nitrogen and oxygen atoms in total. The summed E-state index contributed by atoms with van der Waals surface area (Å²) in [4.78, 5) is 11.8. The molecule has 0 aromatic rings. The van der Waals surface area contributed by atoms with E-state index in [1.807, 2.05) is 0 Å². The molecule has 0 spiro atoms. The Balaban J connectivity index is 1.78. The summed E-state index contributed by atoms with van der Waals surface area (Å²) >= 11 is 0. The van der Waals surface area contributed by atoms with Crippen LogP contribution >= 0.6 is 0 Å². The first-order valence-corrected chi connectivity index (χ1v) is 6.54. The van der Waals surface area contributed by atoms with Gasteiger partial charge in [0.2, 0.25) is 5.91 Å². The van der Waals surface area contributed by atoms with E-state index < -0.39 is 0 Å². The minimum absolute atomic E-state index is 0.0875. The van der Waals surface area contributed by atoms with E-state index in [4.69, 9.17) is 5.73 Å². The van der Waals surface area contributed by atoms with Crippen LogP contribution in [0.25, 0.3) is 0 Å². The lowest BCUT2D eigenvalue weighted by Gasteiger charge is -2.28. The van der Waals surface area contributed by atoms with Gasteiger partial charge in [-0.3, -0.25) is 4.79 Å². The molecule has 0 aromatic carbocycles. The first-order chi connectivity index (χ1) is 7.49. The summed E-state index contributed by atoms with van der Waals surface area (Å²) in [5, 5.41) is 3.16. The molecule has 3 N–H and O–H groups in total. The maximum absolute atomic E-state index is 11.8. The molecule has 0 saturated heterocycles. The van der Waals surface area contributed by atoms with Gasteiger partial charge in [-0.05, 0) is 37.0 Å². The lowest BCUT2D eigenvalue weighted by atomic mass is 9.87. The fourth-order valence-electron chi connectivity index (χ4n) is 2.75. The average molecular weight is 224 g/mol. The van der Waals surface area contributed by atoms with Gasteiger partial charge in [0.1, 0.15) is 0 Å². The number of hydrogen-bond donors (Lipinski definition) is 2. The van der Waals surface area contributed by atoms with Crippen LogP contribution in [0.4, 0.5) is 0 Å². The van der Waals surface area contributed by atoms with Crippen LogP contribution in [0.2, 0.25) is 0 Å². The smallest absolute Gasteiger partial charge is 0.221 e. The van der Waals surface area contributed by atoms with Gasteiger partial charge in [-0.2, -0.15) is 0 Å². The third-order valence-electron chi connectivity index (χ3n) is 4.24. The van der Waals surface area contributed by atoms with Crippen molar-refractivity contribution in [1.82, 2.24) is 5.32 Å². The van der Waals surface area contributed by atoms with Gasteiger partial charge in [0.05, 0.1) is 0 Å². The predicted molar refractivity (Wildman–Crippen MR) is 64.9 cm³/mol. The van der Waals surface area contributed by atoms with Gasteiger partial charge in [0, 0.05) is 18.5 Å². The molecule has 0 radical (unpaired) electrons. The molecule has 16 heavy (non-hydrogen) atoms. The summed E-state index contributed by atoms with van der Waals surface area (Å²) in [5.41, 5.74) is 6.22.